The Balaban J connectivity index is 3.54. The van der Waals surface area contributed by atoms with Crippen LogP contribution in [0.4, 0.5) is 0 Å². The monoisotopic (exact) mass is 101 g/mol. The third-order valence-electron chi connectivity index (χ3n) is 1.32. The maximum atomic E-state index is 3.88. The summed E-state index contributed by atoms with van der Waals surface area (Å²) >= 11 is 0. The highest BCUT2D eigenvalue weighted by atomic mass is 15.3. The predicted octanol–water partition coefficient (Wildman–Crippen LogP) is 0.915. The Morgan fingerprint density at radius 3 is 1.43 bits per heavy atom. The van der Waals surface area contributed by atoms with Gasteiger partial charge in [0.05, 0.1) is 27.2 Å². The molecule has 0 saturated heterocycles. The van der Waals surface area contributed by atoms with Crippen LogP contribution < -0.4 is 0 Å². The standard InChI is InChI=1S/C6H15N/c1-6(2)7(3,4)5/h6H,1H2,2-5H3/q+1. The van der Waals surface area contributed by atoms with Gasteiger partial charge in [0, 0.05) is 6.92 Å². The van der Waals surface area contributed by atoms with Crippen LogP contribution in [0.1, 0.15) is 6.92 Å². The van der Waals surface area contributed by atoms with Crippen molar-refractivity contribution < 1.29 is 4.48 Å². The third kappa shape index (κ3) is 2.63. The third-order valence-corrected chi connectivity index (χ3v) is 1.32. The lowest BCUT2D eigenvalue weighted by Gasteiger charge is -2.28. The molecule has 0 bridgehead atoms. The highest BCUT2D eigenvalue weighted by molar-refractivity contribution is 4.47. The molecule has 1 unspecified atom stereocenters. The minimum Gasteiger partial charge on any atom is -0.329 e. The zero-order chi connectivity index (χ0) is 6.08. The molecule has 0 fully saturated rings. The van der Waals surface area contributed by atoms with Crippen molar-refractivity contribution in [1.29, 1.82) is 0 Å². The van der Waals surface area contributed by atoms with Gasteiger partial charge < -0.3 is 4.48 Å². The van der Waals surface area contributed by atoms with Gasteiger partial charge in [0.15, 0.2) is 0 Å². The lowest BCUT2D eigenvalue weighted by molar-refractivity contribution is -0.887. The number of rotatable bonds is 1. The summed E-state index contributed by atoms with van der Waals surface area (Å²) in [5.41, 5.74) is 0. The molecule has 43 valence electrons. The molecule has 1 nitrogen and oxygen atoms in total. The van der Waals surface area contributed by atoms with E-state index in [0.29, 0.717) is 6.04 Å². The van der Waals surface area contributed by atoms with E-state index in [1.165, 1.54) is 0 Å². The summed E-state index contributed by atoms with van der Waals surface area (Å²) in [5, 5.41) is 0. The molecule has 0 aliphatic rings. The van der Waals surface area contributed by atoms with E-state index in [1.807, 2.05) is 0 Å². The van der Waals surface area contributed by atoms with Crippen LogP contribution in [0.25, 0.3) is 0 Å². The van der Waals surface area contributed by atoms with Crippen molar-refractivity contribution in [1.82, 2.24) is 0 Å². The van der Waals surface area contributed by atoms with Gasteiger partial charge in [0.25, 0.3) is 0 Å². The van der Waals surface area contributed by atoms with Crippen molar-refractivity contribution in [3.05, 3.63) is 6.92 Å². The predicted molar refractivity (Wildman–Crippen MR) is 32.9 cm³/mol. The maximum absolute atomic E-state index is 3.88. The minimum atomic E-state index is 0.486. The van der Waals surface area contributed by atoms with Gasteiger partial charge in [-0.15, -0.1) is 0 Å². The zero-order valence-corrected chi connectivity index (χ0v) is 5.73. The van der Waals surface area contributed by atoms with Crippen LogP contribution >= 0.6 is 0 Å². The molecule has 0 aromatic carbocycles. The fraction of sp³-hybridized carbons (Fsp3) is 0.833. The summed E-state index contributed by atoms with van der Waals surface area (Å²) in [6.45, 7) is 5.99. The molecular weight excluding hydrogens is 86.1 g/mol. The van der Waals surface area contributed by atoms with E-state index in [-0.39, 0.29) is 0 Å². The number of hydrogen-bond acceptors (Lipinski definition) is 0. The van der Waals surface area contributed by atoms with Gasteiger partial charge in [0.1, 0.15) is 0 Å². The van der Waals surface area contributed by atoms with Gasteiger partial charge >= 0.3 is 0 Å². The molecular formula is C6H15N+. The van der Waals surface area contributed by atoms with E-state index < -0.39 is 0 Å². The Bertz CT molecular complexity index is 49.7. The van der Waals surface area contributed by atoms with Crippen molar-refractivity contribution in [2.24, 2.45) is 0 Å². The topological polar surface area (TPSA) is 0 Å². The molecule has 1 heteroatoms. The molecule has 1 radical (unpaired) electrons. The van der Waals surface area contributed by atoms with Crippen molar-refractivity contribution >= 4 is 0 Å². The largest absolute Gasteiger partial charge is 0.329 e. The second-order valence-electron chi connectivity index (χ2n) is 2.97. The van der Waals surface area contributed by atoms with E-state index in [0.717, 1.165) is 4.48 Å². The molecule has 0 aromatic heterocycles. The molecule has 1 atom stereocenters. The molecule has 0 spiro atoms. The summed E-state index contributed by atoms with van der Waals surface area (Å²) in [7, 11) is 6.41. The highest BCUT2D eigenvalue weighted by Gasteiger charge is 2.10. The van der Waals surface area contributed by atoms with E-state index >= 15 is 0 Å². The summed E-state index contributed by atoms with van der Waals surface area (Å²) in [6, 6.07) is 0.486. The van der Waals surface area contributed by atoms with E-state index in [2.05, 4.69) is 35.0 Å². The normalized spacial score (nSPS) is 12.9. The second kappa shape index (κ2) is 1.83. The number of quaternary nitrogens is 1. The maximum Gasteiger partial charge on any atom is 0.0857 e. The van der Waals surface area contributed by atoms with Gasteiger partial charge in [-0.25, -0.2) is 0 Å². The van der Waals surface area contributed by atoms with Gasteiger partial charge in [0.2, 0.25) is 0 Å². The van der Waals surface area contributed by atoms with Crippen LogP contribution in [-0.2, 0) is 0 Å². The molecule has 0 aromatic rings. The molecule has 7 heavy (non-hydrogen) atoms. The van der Waals surface area contributed by atoms with E-state index in [4.69, 9.17) is 0 Å². The Morgan fingerprint density at radius 2 is 1.43 bits per heavy atom. The Morgan fingerprint density at radius 1 is 1.29 bits per heavy atom. The Labute approximate surface area is 46.5 Å². The zero-order valence-electron chi connectivity index (χ0n) is 5.73. The lowest BCUT2D eigenvalue weighted by Crippen LogP contribution is -2.41. The summed E-state index contributed by atoms with van der Waals surface area (Å²) < 4.78 is 0.944. The van der Waals surface area contributed by atoms with Gasteiger partial charge in [-0.1, -0.05) is 0 Å². The van der Waals surface area contributed by atoms with Crippen molar-refractivity contribution in [3.63, 3.8) is 0 Å². The highest BCUT2D eigenvalue weighted by Crippen LogP contribution is 1.97. The van der Waals surface area contributed by atoms with Crippen LogP contribution in [0.2, 0.25) is 0 Å². The second-order valence-corrected chi connectivity index (χ2v) is 2.97. The van der Waals surface area contributed by atoms with Crippen LogP contribution in [0.15, 0.2) is 0 Å². The van der Waals surface area contributed by atoms with Crippen molar-refractivity contribution in [2.45, 2.75) is 13.0 Å². The van der Waals surface area contributed by atoms with Crippen LogP contribution in [-0.4, -0.2) is 31.7 Å². The molecule has 0 aliphatic carbocycles. The van der Waals surface area contributed by atoms with Gasteiger partial charge in [-0.05, 0) is 6.92 Å². The average molecular weight is 101 g/mol. The van der Waals surface area contributed by atoms with E-state index in [1.54, 1.807) is 0 Å². The van der Waals surface area contributed by atoms with Crippen LogP contribution in [0.5, 0.6) is 0 Å². The fourth-order valence-corrected chi connectivity index (χ4v) is 0. The van der Waals surface area contributed by atoms with Crippen LogP contribution in [0.3, 0.4) is 0 Å². The van der Waals surface area contributed by atoms with Crippen molar-refractivity contribution in [3.8, 4) is 0 Å². The Kier molecular flexibility index (Phi) is 1.82. The Hall–Kier alpha value is -0.0400. The quantitative estimate of drug-likeness (QED) is 0.431. The van der Waals surface area contributed by atoms with Gasteiger partial charge in [-0.2, -0.15) is 0 Å². The van der Waals surface area contributed by atoms with E-state index in [9.17, 15) is 0 Å². The first-order chi connectivity index (χ1) is 2.94. The number of hydrogen-bond donors (Lipinski definition) is 0. The fourth-order valence-electron chi connectivity index (χ4n) is 0. The molecule has 0 saturated carbocycles. The molecule has 0 aliphatic heterocycles. The summed E-state index contributed by atoms with van der Waals surface area (Å²) in [6.07, 6.45) is 0. The minimum absolute atomic E-state index is 0.486. The van der Waals surface area contributed by atoms with Crippen molar-refractivity contribution in [2.75, 3.05) is 21.1 Å². The lowest BCUT2D eigenvalue weighted by atomic mass is 10.3. The number of nitrogens with zero attached hydrogens (tertiary/aromatic N) is 1. The first-order valence-corrected chi connectivity index (χ1v) is 2.59. The molecule has 0 N–H and O–H groups in total. The average Bonchev–Trinajstić information content (AvgIpc) is 1.31. The molecule has 0 rings (SSSR count). The molecule has 0 amide bonds. The molecule has 0 heterocycles. The first kappa shape index (κ1) is 6.96. The first-order valence-electron chi connectivity index (χ1n) is 2.59. The van der Waals surface area contributed by atoms with Crippen LogP contribution in [0, 0.1) is 6.92 Å². The SMILES string of the molecule is [CH2]C(C)[N+](C)(C)C. The summed E-state index contributed by atoms with van der Waals surface area (Å²) in [5.74, 6) is 0. The summed E-state index contributed by atoms with van der Waals surface area (Å²) in [4.78, 5) is 0. The smallest absolute Gasteiger partial charge is 0.0857 e. The van der Waals surface area contributed by atoms with Gasteiger partial charge in [-0.3, -0.25) is 0 Å².